The van der Waals surface area contributed by atoms with Crippen molar-refractivity contribution in [3.8, 4) is 0 Å². The molecule has 18 heavy (non-hydrogen) atoms. The van der Waals surface area contributed by atoms with Crippen molar-refractivity contribution in [2.24, 2.45) is 11.8 Å². The zero-order chi connectivity index (χ0) is 13.1. The quantitative estimate of drug-likeness (QED) is 0.813. The second kappa shape index (κ2) is 6.27. The molecule has 2 rings (SSSR count). The first-order valence-corrected chi connectivity index (χ1v) is 7.52. The normalized spacial score (nSPS) is 25.3. The molecule has 0 amide bonds. The van der Waals surface area contributed by atoms with Gasteiger partial charge >= 0.3 is 0 Å². The molecular formula is C15H21Cl2N. The number of rotatable bonds is 4. The molecule has 1 fully saturated rings. The molecule has 1 aromatic carbocycles. The summed E-state index contributed by atoms with van der Waals surface area (Å²) in [6, 6.07) is 6.20. The van der Waals surface area contributed by atoms with Gasteiger partial charge in [0.25, 0.3) is 0 Å². The van der Waals surface area contributed by atoms with Gasteiger partial charge in [0.15, 0.2) is 0 Å². The van der Waals surface area contributed by atoms with E-state index in [0.717, 1.165) is 18.4 Å². The summed E-state index contributed by atoms with van der Waals surface area (Å²) >= 11 is 12.0. The molecule has 0 heterocycles. The van der Waals surface area contributed by atoms with Crippen LogP contribution >= 0.6 is 23.2 Å². The van der Waals surface area contributed by atoms with E-state index in [9.17, 15) is 0 Å². The van der Waals surface area contributed by atoms with Crippen molar-refractivity contribution in [3.05, 3.63) is 33.8 Å². The smallest absolute Gasteiger partial charge is 0.0595 e. The molecular weight excluding hydrogens is 265 g/mol. The number of hydrogen-bond donors (Lipinski definition) is 1. The Balaban J connectivity index is 1.90. The van der Waals surface area contributed by atoms with E-state index in [-0.39, 0.29) is 0 Å². The Kier molecular flexibility index (Phi) is 4.94. The standard InChI is InChI=1S/C15H21Cl2N/c1-10-4-3-5-13(10)9-18-11(2)12-6-7-14(16)15(17)8-12/h6-8,10-11,13,18H,3-5,9H2,1-2H3. The highest BCUT2D eigenvalue weighted by Crippen LogP contribution is 2.31. The van der Waals surface area contributed by atoms with Crippen LogP contribution in [0.15, 0.2) is 18.2 Å². The zero-order valence-electron chi connectivity index (χ0n) is 11.0. The first-order valence-electron chi connectivity index (χ1n) is 6.76. The molecule has 3 atom stereocenters. The fourth-order valence-electron chi connectivity index (χ4n) is 2.75. The first-order chi connectivity index (χ1) is 8.58. The van der Waals surface area contributed by atoms with Gasteiger partial charge in [-0.25, -0.2) is 0 Å². The second-order valence-corrected chi connectivity index (χ2v) is 6.29. The molecule has 0 spiro atoms. The molecule has 1 N–H and O–H groups in total. The van der Waals surface area contributed by atoms with Crippen molar-refractivity contribution in [3.63, 3.8) is 0 Å². The highest BCUT2D eigenvalue weighted by Gasteiger charge is 2.23. The maximum Gasteiger partial charge on any atom is 0.0595 e. The summed E-state index contributed by atoms with van der Waals surface area (Å²) in [6.07, 6.45) is 4.13. The van der Waals surface area contributed by atoms with Gasteiger partial charge in [0.2, 0.25) is 0 Å². The molecule has 1 aromatic rings. The average Bonchev–Trinajstić information content (AvgIpc) is 2.75. The maximum absolute atomic E-state index is 6.05. The van der Waals surface area contributed by atoms with Crippen molar-refractivity contribution in [2.75, 3.05) is 6.54 Å². The predicted molar refractivity (Wildman–Crippen MR) is 79.4 cm³/mol. The van der Waals surface area contributed by atoms with Gasteiger partial charge in [-0.1, -0.05) is 49.0 Å². The Morgan fingerprint density at radius 2 is 2.06 bits per heavy atom. The van der Waals surface area contributed by atoms with E-state index in [1.807, 2.05) is 18.2 Å². The van der Waals surface area contributed by atoms with Crippen LogP contribution < -0.4 is 5.32 Å². The molecule has 0 saturated heterocycles. The van der Waals surface area contributed by atoms with E-state index in [1.165, 1.54) is 24.8 Å². The predicted octanol–water partition coefficient (Wildman–Crippen LogP) is 5.08. The van der Waals surface area contributed by atoms with Gasteiger partial charge in [0, 0.05) is 6.04 Å². The van der Waals surface area contributed by atoms with Gasteiger partial charge in [-0.05, 0) is 49.4 Å². The van der Waals surface area contributed by atoms with Gasteiger partial charge in [0.1, 0.15) is 0 Å². The van der Waals surface area contributed by atoms with E-state index >= 15 is 0 Å². The van der Waals surface area contributed by atoms with Crippen LogP contribution in [-0.4, -0.2) is 6.54 Å². The topological polar surface area (TPSA) is 12.0 Å². The summed E-state index contributed by atoms with van der Waals surface area (Å²) in [4.78, 5) is 0. The van der Waals surface area contributed by atoms with E-state index in [2.05, 4.69) is 19.2 Å². The minimum atomic E-state index is 0.326. The van der Waals surface area contributed by atoms with Crippen LogP contribution in [-0.2, 0) is 0 Å². The zero-order valence-corrected chi connectivity index (χ0v) is 12.6. The van der Waals surface area contributed by atoms with E-state index in [1.54, 1.807) is 0 Å². The third kappa shape index (κ3) is 3.40. The van der Waals surface area contributed by atoms with Crippen molar-refractivity contribution in [2.45, 2.75) is 39.2 Å². The Hall–Kier alpha value is -0.240. The minimum absolute atomic E-state index is 0.326. The Morgan fingerprint density at radius 1 is 1.28 bits per heavy atom. The molecule has 1 saturated carbocycles. The highest BCUT2D eigenvalue weighted by molar-refractivity contribution is 6.42. The van der Waals surface area contributed by atoms with Crippen LogP contribution in [0.3, 0.4) is 0 Å². The highest BCUT2D eigenvalue weighted by atomic mass is 35.5. The Bertz CT molecular complexity index is 405. The van der Waals surface area contributed by atoms with Crippen LogP contribution in [0.5, 0.6) is 0 Å². The summed E-state index contributed by atoms with van der Waals surface area (Å²) in [5.74, 6) is 1.69. The molecule has 100 valence electrons. The number of benzene rings is 1. The summed E-state index contributed by atoms with van der Waals surface area (Å²) < 4.78 is 0. The van der Waals surface area contributed by atoms with E-state index in [0.29, 0.717) is 16.1 Å². The minimum Gasteiger partial charge on any atom is -0.310 e. The monoisotopic (exact) mass is 285 g/mol. The lowest BCUT2D eigenvalue weighted by atomic mass is 9.97. The van der Waals surface area contributed by atoms with Crippen molar-refractivity contribution < 1.29 is 0 Å². The van der Waals surface area contributed by atoms with Crippen LogP contribution in [0.4, 0.5) is 0 Å². The van der Waals surface area contributed by atoms with Crippen LogP contribution in [0.2, 0.25) is 10.0 Å². The third-order valence-electron chi connectivity index (χ3n) is 4.17. The van der Waals surface area contributed by atoms with Gasteiger partial charge in [-0.2, -0.15) is 0 Å². The number of hydrogen-bond acceptors (Lipinski definition) is 1. The summed E-state index contributed by atoms with van der Waals surface area (Å²) in [6.45, 7) is 5.64. The van der Waals surface area contributed by atoms with Crippen molar-refractivity contribution in [1.29, 1.82) is 0 Å². The number of halogens is 2. The second-order valence-electron chi connectivity index (χ2n) is 5.47. The van der Waals surface area contributed by atoms with Crippen LogP contribution in [0.25, 0.3) is 0 Å². The molecule has 1 nitrogen and oxygen atoms in total. The first kappa shape index (κ1) is 14.2. The van der Waals surface area contributed by atoms with Gasteiger partial charge in [0.05, 0.1) is 10.0 Å². The summed E-state index contributed by atoms with van der Waals surface area (Å²) in [5, 5.41) is 4.87. The van der Waals surface area contributed by atoms with Crippen molar-refractivity contribution >= 4 is 23.2 Å². The molecule has 0 bridgehead atoms. The molecule has 3 unspecified atom stereocenters. The molecule has 0 radical (unpaired) electrons. The van der Waals surface area contributed by atoms with E-state index < -0.39 is 0 Å². The molecule has 0 aromatic heterocycles. The summed E-state index contributed by atoms with van der Waals surface area (Å²) in [7, 11) is 0. The lowest BCUT2D eigenvalue weighted by Crippen LogP contribution is -2.27. The molecule has 1 aliphatic carbocycles. The fourth-order valence-corrected chi connectivity index (χ4v) is 3.06. The Labute approximate surface area is 120 Å². The summed E-state index contributed by atoms with van der Waals surface area (Å²) in [5.41, 5.74) is 1.20. The SMILES string of the molecule is CC(NCC1CCCC1C)c1ccc(Cl)c(Cl)c1. The molecule has 1 aliphatic rings. The van der Waals surface area contributed by atoms with Gasteiger partial charge < -0.3 is 5.32 Å². The maximum atomic E-state index is 6.05. The Morgan fingerprint density at radius 3 is 2.67 bits per heavy atom. The van der Waals surface area contributed by atoms with Crippen LogP contribution in [0, 0.1) is 11.8 Å². The van der Waals surface area contributed by atoms with Crippen molar-refractivity contribution in [1.82, 2.24) is 5.32 Å². The van der Waals surface area contributed by atoms with E-state index in [4.69, 9.17) is 23.2 Å². The third-order valence-corrected chi connectivity index (χ3v) is 4.91. The van der Waals surface area contributed by atoms with Gasteiger partial charge in [-0.3, -0.25) is 0 Å². The largest absolute Gasteiger partial charge is 0.310 e. The average molecular weight is 286 g/mol. The number of nitrogens with one attached hydrogen (secondary N) is 1. The van der Waals surface area contributed by atoms with Crippen LogP contribution in [0.1, 0.15) is 44.7 Å². The lowest BCUT2D eigenvalue weighted by molar-refractivity contribution is 0.375. The molecule has 3 heteroatoms. The lowest BCUT2D eigenvalue weighted by Gasteiger charge is -2.20. The fraction of sp³-hybridized carbons (Fsp3) is 0.600. The molecule has 0 aliphatic heterocycles. The van der Waals surface area contributed by atoms with Gasteiger partial charge in [-0.15, -0.1) is 0 Å².